The number of thioether (sulfide) groups is 1. The first-order valence-electron chi connectivity index (χ1n) is 11.3. The maximum Gasteiger partial charge on any atom is 0.303 e. The topological polar surface area (TPSA) is 178 Å². The SMILES string of the molecule is C=CC[S+](CCO)C[C@H](NC(C)=O)[C@H]1O[C@H](SC)[C@H](OC(C)=O)[C@@H](OC(C)=O)[C@H]1OC(C)=O.CC(=O)[O-]. The van der Waals surface area contributed by atoms with E-state index >= 15 is 0 Å². The first-order chi connectivity index (χ1) is 17.3. The number of carbonyl (C=O) groups is 5. The summed E-state index contributed by atoms with van der Waals surface area (Å²) in [6.45, 7) is 9.65. The summed E-state index contributed by atoms with van der Waals surface area (Å²) in [4.78, 5) is 56.6. The molecule has 1 amide bonds. The Bertz CT molecular complexity index is 791. The highest BCUT2D eigenvalue weighted by molar-refractivity contribution is 7.99. The quantitative estimate of drug-likeness (QED) is 0.126. The normalized spacial score (nSPS) is 24.2. The fraction of sp³-hybridized carbons (Fsp3) is 0.696. The highest BCUT2D eigenvalue weighted by Crippen LogP contribution is 2.34. The number of carboxylic acid groups (broad SMARTS) is 1. The Hall–Kier alpha value is -2.29. The molecule has 0 aromatic carbocycles. The molecule has 0 saturated carbocycles. The number of nitrogens with one attached hydrogen (secondary N) is 1. The first kappa shape index (κ1) is 34.7. The highest BCUT2D eigenvalue weighted by atomic mass is 32.2. The van der Waals surface area contributed by atoms with E-state index in [2.05, 4.69) is 11.9 Å². The van der Waals surface area contributed by atoms with E-state index in [9.17, 15) is 24.3 Å². The first-order valence-corrected chi connectivity index (χ1v) is 14.3. The van der Waals surface area contributed by atoms with Crippen molar-refractivity contribution in [3.63, 3.8) is 0 Å². The van der Waals surface area contributed by atoms with Crippen LogP contribution in [-0.2, 0) is 53.8 Å². The molecule has 1 heterocycles. The Morgan fingerprint density at radius 3 is 1.92 bits per heavy atom. The zero-order valence-electron chi connectivity index (χ0n) is 21.9. The van der Waals surface area contributed by atoms with Crippen molar-refractivity contribution in [2.75, 3.05) is 30.1 Å². The molecule has 14 heteroatoms. The van der Waals surface area contributed by atoms with Gasteiger partial charge in [0.25, 0.3) is 0 Å². The number of hydrogen-bond acceptors (Lipinski definition) is 12. The average Bonchev–Trinajstić information content (AvgIpc) is 2.74. The van der Waals surface area contributed by atoms with Crippen LogP contribution >= 0.6 is 11.8 Å². The Balaban J connectivity index is 0.00000300. The van der Waals surface area contributed by atoms with Crippen LogP contribution in [0.4, 0.5) is 0 Å². The average molecular weight is 568 g/mol. The molecular weight excluding hydrogens is 530 g/mol. The van der Waals surface area contributed by atoms with Gasteiger partial charge in [0.2, 0.25) is 5.91 Å². The van der Waals surface area contributed by atoms with E-state index in [1.165, 1.54) is 39.5 Å². The largest absolute Gasteiger partial charge is 0.550 e. The molecule has 0 bridgehead atoms. The second kappa shape index (κ2) is 18.0. The molecule has 1 aliphatic rings. The molecule has 0 aliphatic carbocycles. The molecular formula is C23H37NO11S2. The fourth-order valence-electron chi connectivity index (χ4n) is 3.58. The second-order valence-corrected chi connectivity index (χ2v) is 11.1. The van der Waals surface area contributed by atoms with E-state index < -0.39 is 59.8 Å². The summed E-state index contributed by atoms with van der Waals surface area (Å²) >= 11 is 1.23. The van der Waals surface area contributed by atoms with Gasteiger partial charge < -0.3 is 39.3 Å². The van der Waals surface area contributed by atoms with Crippen LogP contribution in [0.5, 0.6) is 0 Å². The van der Waals surface area contributed by atoms with E-state index in [1.807, 2.05) is 0 Å². The summed E-state index contributed by atoms with van der Waals surface area (Å²) in [6, 6.07) is -0.646. The standard InChI is InChI=1S/C21H33NO9S2.C2H4O2/c1-7-9-33(10-8-23)11-16(22-12(2)24)17-18(28-13(3)25)19(29-14(4)26)20(30-15(5)27)21(31-17)32-6;1-2(3)4/h7,16-21,23H,1,8-11H2,2-6H3;1H3,(H,3,4)/t16-,17+,18-,19-,20+,21+,33?;/m0./s1. The number of carbonyl (C=O) groups excluding carboxylic acids is 5. The van der Waals surface area contributed by atoms with Gasteiger partial charge in [-0.2, -0.15) is 0 Å². The maximum absolute atomic E-state index is 12.0. The van der Waals surface area contributed by atoms with Crippen LogP contribution in [0.3, 0.4) is 0 Å². The van der Waals surface area contributed by atoms with Crippen molar-refractivity contribution >= 4 is 52.4 Å². The van der Waals surface area contributed by atoms with Crippen LogP contribution in [0.25, 0.3) is 0 Å². The predicted octanol–water partition coefficient (Wildman–Crippen LogP) is -1.07. The number of aliphatic hydroxyl groups is 1. The number of aliphatic carboxylic acids is 1. The second-order valence-electron chi connectivity index (χ2n) is 7.89. The van der Waals surface area contributed by atoms with Crippen LogP contribution in [0.15, 0.2) is 12.7 Å². The zero-order valence-corrected chi connectivity index (χ0v) is 23.6. The van der Waals surface area contributed by atoms with E-state index in [1.54, 1.807) is 12.3 Å². The molecule has 1 rings (SSSR count). The van der Waals surface area contributed by atoms with Gasteiger partial charge in [0, 0.05) is 33.7 Å². The molecule has 12 nitrogen and oxygen atoms in total. The number of ether oxygens (including phenoxy) is 4. The fourth-order valence-corrected chi connectivity index (χ4v) is 6.14. The van der Waals surface area contributed by atoms with Gasteiger partial charge in [-0.25, -0.2) is 0 Å². The van der Waals surface area contributed by atoms with Crippen molar-refractivity contribution in [2.45, 2.75) is 70.5 Å². The van der Waals surface area contributed by atoms with Crippen LogP contribution in [0, 0.1) is 0 Å². The van der Waals surface area contributed by atoms with Crippen molar-refractivity contribution in [2.24, 2.45) is 0 Å². The van der Waals surface area contributed by atoms with Gasteiger partial charge >= 0.3 is 17.9 Å². The molecule has 2 N–H and O–H groups in total. The maximum atomic E-state index is 12.0. The number of hydrogen-bond donors (Lipinski definition) is 2. The number of amides is 1. The molecule has 0 aromatic rings. The summed E-state index contributed by atoms with van der Waals surface area (Å²) < 4.78 is 22.6. The Morgan fingerprint density at radius 1 is 1.03 bits per heavy atom. The van der Waals surface area contributed by atoms with E-state index in [0.29, 0.717) is 17.3 Å². The molecule has 212 valence electrons. The number of rotatable bonds is 12. The number of aliphatic hydroxyl groups excluding tert-OH is 1. The predicted molar refractivity (Wildman–Crippen MR) is 136 cm³/mol. The van der Waals surface area contributed by atoms with Gasteiger partial charge in [-0.05, 0) is 30.2 Å². The number of carboxylic acids is 1. The minimum Gasteiger partial charge on any atom is -0.550 e. The minimum atomic E-state index is -1.15. The van der Waals surface area contributed by atoms with E-state index in [0.717, 1.165) is 6.92 Å². The minimum absolute atomic E-state index is 0.0410. The van der Waals surface area contributed by atoms with Crippen molar-refractivity contribution in [3.05, 3.63) is 12.7 Å². The third-order valence-electron chi connectivity index (χ3n) is 4.60. The molecule has 1 aliphatic heterocycles. The molecule has 0 spiro atoms. The molecule has 1 unspecified atom stereocenters. The molecule has 1 saturated heterocycles. The van der Waals surface area contributed by atoms with Gasteiger partial charge in [-0.3, -0.25) is 19.2 Å². The third kappa shape index (κ3) is 13.7. The smallest absolute Gasteiger partial charge is 0.303 e. The lowest BCUT2D eigenvalue weighted by atomic mass is 9.94. The van der Waals surface area contributed by atoms with Gasteiger partial charge in [-0.1, -0.05) is 6.58 Å². The lowest BCUT2D eigenvalue weighted by molar-refractivity contribution is -0.302. The Morgan fingerprint density at radius 2 is 1.51 bits per heavy atom. The van der Waals surface area contributed by atoms with Crippen molar-refractivity contribution in [1.29, 1.82) is 0 Å². The van der Waals surface area contributed by atoms with Gasteiger partial charge in [0.05, 0.1) is 6.61 Å². The molecule has 1 fully saturated rings. The lowest BCUT2D eigenvalue weighted by Gasteiger charge is -2.46. The van der Waals surface area contributed by atoms with Crippen LogP contribution < -0.4 is 10.4 Å². The Labute approximate surface area is 224 Å². The molecule has 7 atom stereocenters. The zero-order chi connectivity index (χ0) is 28.7. The van der Waals surface area contributed by atoms with Gasteiger partial charge in [0.1, 0.15) is 34.8 Å². The van der Waals surface area contributed by atoms with Crippen molar-refractivity contribution in [3.8, 4) is 0 Å². The third-order valence-corrected chi connectivity index (χ3v) is 7.74. The summed E-state index contributed by atoms with van der Waals surface area (Å²) in [6.07, 6.45) is -0.788. The van der Waals surface area contributed by atoms with Crippen LogP contribution in [0.2, 0.25) is 0 Å². The van der Waals surface area contributed by atoms with Crippen molar-refractivity contribution < 1.29 is 53.1 Å². The Kier molecular flexibility index (Phi) is 16.9. The lowest BCUT2D eigenvalue weighted by Crippen LogP contribution is -2.66. The van der Waals surface area contributed by atoms with Crippen LogP contribution in [0.1, 0.15) is 34.6 Å². The summed E-state index contributed by atoms with van der Waals surface area (Å²) in [7, 11) is -0.357. The van der Waals surface area contributed by atoms with E-state index in [-0.39, 0.29) is 23.4 Å². The summed E-state index contributed by atoms with van der Waals surface area (Å²) in [5.41, 5.74) is -0.759. The molecule has 0 aromatic heterocycles. The van der Waals surface area contributed by atoms with Crippen LogP contribution in [-0.4, -0.2) is 101 Å². The number of esters is 3. The van der Waals surface area contributed by atoms with E-state index in [4.69, 9.17) is 28.8 Å². The van der Waals surface area contributed by atoms with Crippen molar-refractivity contribution in [1.82, 2.24) is 5.32 Å². The monoisotopic (exact) mass is 567 g/mol. The highest BCUT2D eigenvalue weighted by Gasteiger charge is 2.54. The van der Waals surface area contributed by atoms with Gasteiger partial charge in [0.15, 0.2) is 18.3 Å². The summed E-state index contributed by atoms with van der Waals surface area (Å²) in [5, 5.41) is 21.2. The van der Waals surface area contributed by atoms with Gasteiger partial charge in [-0.15, -0.1) is 11.8 Å². The molecule has 0 radical (unpaired) electrons. The summed E-state index contributed by atoms with van der Waals surface area (Å²) in [5.74, 6) is -1.84. The molecule has 37 heavy (non-hydrogen) atoms.